The number of aryl methyl sites for hydroxylation is 1. The number of hydrogen-bond acceptors (Lipinski definition) is 6. The van der Waals surface area contributed by atoms with Crippen LogP contribution in [-0.2, 0) is 19.6 Å². The molecule has 0 atom stereocenters. The van der Waals surface area contributed by atoms with Gasteiger partial charge in [0.05, 0.1) is 11.5 Å². The third-order valence-corrected chi connectivity index (χ3v) is 6.18. The number of carboxylic acids is 1. The SMILES string of the molecule is CCOC(=O)c1ccc(N(CC(=O)O)S(=O)(=O)c2ccc(C)cc2)s1. The molecule has 0 aliphatic heterocycles. The highest BCUT2D eigenvalue weighted by Gasteiger charge is 2.29. The van der Waals surface area contributed by atoms with Gasteiger partial charge in [0.1, 0.15) is 16.4 Å². The molecule has 0 unspecified atom stereocenters. The van der Waals surface area contributed by atoms with Crippen molar-refractivity contribution in [3.8, 4) is 0 Å². The van der Waals surface area contributed by atoms with E-state index in [0.717, 1.165) is 21.2 Å². The predicted molar refractivity (Wildman–Crippen MR) is 93.6 cm³/mol. The maximum absolute atomic E-state index is 12.8. The highest BCUT2D eigenvalue weighted by atomic mass is 32.2. The van der Waals surface area contributed by atoms with Crippen LogP contribution in [0, 0.1) is 6.92 Å². The number of rotatable bonds is 7. The first-order valence-corrected chi connectivity index (χ1v) is 9.59. The smallest absolute Gasteiger partial charge is 0.348 e. The van der Waals surface area contributed by atoms with Gasteiger partial charge in [0.15, 0.2) is 0 Å². The molecule has 7 nitrogen and oxygen atoms in total. The van der Waals surface area contributed by atoms with Gasteiger partial charge in [0.2, 0.25) is 0 Å². The first kappa shape index (κ1) is 18.9. The quantitative estimate of drug-likeness (QED) is 0.737. The van der Waals surface area contributed by atoms with E-state index in [2.05, 4.69) is 0 Å². The van der Waals surface area contributed by atoms with Crippen LogP contribution in [0.3, 0.4) is 0 Å². The molecule has 0 saturated carbocycles. The summed E-state index contributed by atoms with van der Waals surface area (Å²) >= 11 is 0.865. The number of ether oxygens (including phenoxy) is 1. The Labute approximate surface area is 149 Å². The fraction of sp³-hybridized carbons (Fsp3) is 0.250. The highest BCUT2D eigenvalue weighted by molar-refractivity contribution is 7.93. The molecule has 0 aliphatic rings. The summed E-state index contributed by atoms with van der Waals surface area (Å²) in [7, 11) is -4.08. The van der Waals surface area contributed by atoms with Crippen LogP contribution >= 0.6 is 11.3 Å². The molecule has 0 bridgehead atoms. The van der Waals surface area contributed by atoms with E-state index in [4.69, 9.17) is 9.84 Å². The molecule has 0 amide bonds. The predicted octanol–water partition coefficient (Wildman–Crippen LogP) is 2.51. The third kappa shape index (κ3) is 4.37. The number of carbonyl (C=O) groups is 2. The Morgan fingerprint density at radius 1 is 1.16 bits per heavy atom. The number of sulfonamides is 1. The van der Waals surface area contributed by atoms with E-state index in [0.29, 0.717) is 0 Å². The molecule has 0 saturated heterocycles. The van der Waals surface area contributed by atoms with Gasteiger partial charge in [-0.15, -0.1) is 11.3 Å². The van der Waals surface area contributed by atoms with Crippen molar-refractivity contribution in [2.75, 3.05) is 17.5 Å². The van der Waals surface area contributed by atoms with Gasteiger partial charge in [-0.25, -0.2) is 17.5 Å². The van der Waals surface area contributed by atoms with Crippen LogP contribution in [0.1, 0.15) is 22.2 Å². The number of anilines is 1. The summed E-state index contributed by atoms with van der Waals surface area (Å²) in [5.41, 5.74) is 0.879. The number of thiophene rings is 1. The third-order valence-electron chi connectivity index (χ3n) is 3.20. The number of carbonyl (C=O) groups excluding carboxylic acids is 1. The van der Waals surface area contributed by atoms with Crippen molar-refractivity contribution >= 4 is 38.3 Å². The van der Waals surface area contributed by atoms with Gasteiger partial charge in [-0.2, -0.15) is 0 Å². The Morgan fingerprint density at radius 3 is 2.36 bits per heavy atom. The maximum atomic E-state index is 12.8. The molecule has 2 aromatic rings. The van der Waals surface area contributed by atoms with E-state index < -0.39 is 28.5 Å². The minimum Gasteiger partial charge on any atom is -0.480 e. The second-order valence-electron chi connectivity index (χ2n) is 5.08. The van der Waals surface area contributed by atoms with Gasteiger partial charge in [0.25, 0.3) is 10.0 Å². The second kappa shape index (κ2) is 7.66. The summed E-state index contributed by atoms with van der Waals surface area (Å²) in [5, 5.41) is 9.24. The lowest BCUT2D eigenvalue weighted by Crippen LogP contribution is -2.35. The van der Waals surface area contributed by atoms with Gasteiger partial charge in [-0.05, 0) is 38.1 Å². The highest BCUT2D eigenvalue weighted by Crippen LogP contribution is 2.31. The van der Waals surface area contributed by atoms with Crippen LogP contribution < -0.4 is 4.31 Å². The number of esters is 1. The monoisotopic (exact) mass is 383 g/mol. The van der Waals surface area contributed by atoms with Crippen LogP contribution in [0.15, 0.2) is 41.3 Å². The number of carboxylic acid groups (broad SMARTS) is 1. The maximum Gasteiger partial charge on any atom is 0.348 e. The summed E-state index contributed by atoms with van der Waals surface area (Å²) < 4.78 is 31.3. The number of aliphatic carboxylic acids is 1. The molecule has 1 aromatic heterocycles. The van der Waals surface area contributed by atoms with Crippen molar-refractivity contribution in [3.63, 3.8) is 0 Å². The normalized spacial score (nSPS) is 11.1. The average molecular weight is 383 g/mol. The fourth-order valence-electron chi connectivity index (χ4n) is 2.02. The molecule has 1 aromatic carbocycles. The van der Waals surface area contributed by atoms with Gasteiger partial charge in [-0.3, -0.25) is 4.79 Å². The molecule has 9 heteroatoms. The van der Waals surface area contributed by atoms with Gasteiger partial charge in [0, 0.05) is 0 Å². The zero-order valence-corrected chi connectivity index (χ0v) is 15.3. The van der Waals surface area contributed by atoms with Crippen LogP contribution in [-0.4, -0.2) is 38.6 Å². The molecule has 1 heterocycles. The largest absolute Gasteiger partial charge is 0.480 e. The Balaban J connectivity index is 2.44. The van der Waals surface area contributed by atoms with Gasteiger partial charge >= 0.3 is 11.9 Å². The first-order chi connectivity index (χ1) is 11.8. The molecule has 2 rings (SSSR count). The van der Waals surface area contributed by atoms with Crippen molar-refractivity contribution in [1.82, 2.24) is 0 Å². The molecule has 0 radical (unpaired) electrons. The fourth-order valence-corrected chi connectivity index (χ4v) is 4.54. The van der Waals surface area contributed by atoms with Crippen molar-refractivity contribution in [3.05, 3.63) is 46.8 Å². The summed E-state index contributed by atoms with van der Waals surface area (Å²) in [6.07, 6.45) is 0. The molecule has 1 N–H and O–H groups in total. The summed E-state index contributed by atoms with van der Waals surface area (Å²) in [6, 6.07) is 8.90. The average Bonchev–Trinajstić information content (AvgIpc) is 3.02. The summed E-state index contributed by atoms with van der Waals surface area (Å²) in [6.45, 7) is 2.91. The zero-order chi connectivity index (χ0) is 18.6. The molecule has 134 valence electrons. The number of nitrogens with zero attached hydrogens (tertiary/aromatic N) is 1. The minimum absolute atomic E-state index is 0.0227. The molecule has 0 fully saturated rings. The van der Waals surface area contributed by atoms with Crippen molar-refractivity contribution in [1.29, 1.82) is 0 Å². The van der Waals surface area contributed by atoms with Crippen molar-refractivity contribution in [2.45, 2.75) is 18.7 Å². The van der Waals surface area contributed by atoms with Crippen LogP contribution in [0.4, 0.5) is 5.00 Å². The standard InChI is InChI=1S/C16H17NO6S2/c1-3-23-16(20)13-8-9-14(24-13)17(10-15(18)19)25(21,22)12-6-4-11(2)5-7-12/h4-9H,3,10H2,1-2H3,(H,18,19). The second-order valence-corrected chi connectivity index (χ2v) is 8.00. The van der Waals surface area contributed by atoms with Gasteiger partial charge in [-0.1, -0.05) is 17.7 Å². The number of hydrogen-bond donors (Lipinski definition) is 1. The minimum atomic E-state index is -4.08. The number of benzene rings is 1. The summed E-state index contributed by atoms with van der Waals surface area (Å²) in [5.74, 6) is -1.89. The molecule has 25 heavy (non-hydrogen) atoms. The lowest BCUT2D eigenvalue weighted by atomic mass is 10.2. The van der Waals surface area contributed by atoms with E-state index in [1.54, 1.807) is 19.1 Å². The molecular weight excluding hydrogens is 366 g/mol. The lowest BCUT2D eigenvalue weighted by molar-refractivity contribution is -0.135. The summed E-state index contributed by atoms with van der Waals surface area (Å²) in [4.78, 5) is 23.1. The van der Waals surface area contributed by atoms with Crippen LogP contribution in [0.5, 0.6) is 0 Å². The van der Waals surface area contributed by atoms with E-state index >= 15 is 0 Å². The molecule has 0 spiro atoms. The van der Waals surface area contributed by atoms with Crippen molar-refractivity contribution in [2.24, 2.45) is 0 Å². The first-order valence-electron chi connectivity index (χ1n) is 7.34. The Hall–Kier alpha value is -2.39. The topological polar surface area (TPSA) is 101 Å². The molecule has 0 aliphatic carbocycles. The Kier molecular flexibility index (Phi) is 5.81. The van der Waals surface area contributed by atoms with Gasteiger partial charge < -0.3 is 9.84 Å². The molecular formula is C16H17NO6S2. The van der Waals surface area contributed by atoms with E-state index in [-0.39, 0.29) is 21.4 Å². The van der Waals surface area contributed by atoms with Crippen LogP contribution in [0.25, 0.3) is 0 Å². The van der Waals surface area contributed by atoms with E-state index in [1.807, 2.05) is 6.92 Å². The Bertz CT molecular complexity index is 870. The zero-order valence-electron chi connectivity index (χ0n) is 13.6. The Morgan fingerprint density at radius 2 is 1.80 bits per heavy atom. The van der Waals surface area contributed by atoms with E-state index in [1.165, 1.54) is 24.3 Å². The lowest BCUT2D eigenvalue weighted by Gasteiger charge is -2.21. The van der Waals surface area contributed by atoms with Crippen molar-refractivity contribution < 1.29 is 27.9 Å². The van der Waals surface area contributed by atoms with Crippen LogP contribution in [0.2, 0.25) is 0 Å². The van der Waals surface area contributed by atoms with E-state index in [9.17, 15) is 18.0 Å².